The van der Waals surface area contributed by atoms with E-state index >= 15 is 0 Å². The van der Waals surface area contributed by atoms with Crippen LogP contribution in [0.1, 0.15) is 18.9 Å². The van der Waals surface area contributed by atoms with Gasteiger partial charge in [0.2, 0.25) is 11.8 Å². The van der Waals surface area contributed by atoms with Gasteiger partial charge in [0.25, 0.3) is 0 Å². The molecule has 1 N–H and O–H groups in total. The second-order valence-corrected chi connectivity index (χ2v) is 6.42. The van der Waals surface area contributed by atoms with Crippen LogP contribution in [-0.2, 0) is 16.1 Å². The summed E-state index contributed by atoms with van der Waals surface area (Å²) < 4.78 is 5.11. The number of hydrogen-bond donors (Lipinski definition) is 1. The third kappa shape index (κ3) is 5.38. The summed E-state index contributed by atoms with van der Waals surface area (Å²) in [6, 6.07) is 12.4. The molecule has 0 heterocycles. The molecule has 0 fully saturated rings. The van der Waals surface area contributed by atoms with Crippen LogP contribution in [0, 0.1) is 0 Å². The first-order valence-electron chi connectivity index (χ1n) is 8.04. The summed E-state index contributed by atoms with van der Waals surface area (Å²) in [7, 11) is 1.52. The first-order chi connectivity index (χ1) is 12.4. The Bertz CT molecular complexity index is 796. The molecule has 2 rings (SSSR count). The second kappa shape index (κ2) is 9.46. The second-order valence-electron chi connectivity index (χ2n) is 5.61. The fraction of sp³-hybridized carbons (Fsp3) is 0.263. The number of nitrogens with one attached hydrogen (secondary N) is 1. The van der Waals surface area contributed by atoms with Gasteiger partial charge in [-0.05, 0) is 29.8 Å². The molecular weight excluding hydrogens is 375 g/mol. The van der Waals surface area contributed by atoms with E-state index in [9.17, 15) is 9.59 Å². The molecule has 0 spiro atoms. The molecule has 5 nitrogen and oxygen atoms in total. The average molecular weight is 395 g/mol. The minimum Gasteiger partial charge on any atom is -0.495 e. The van der Waals surface area contributed by atoms with Crippen molar-refractivity contribution in [1.82, 2.24) is 5.32 Å². The van der Waals surface area contributed by atoms with Crippen molar-refractivity contribution in [2.75, 3.05) is 18.6 Å². The van der Waals surface area contributed by atoms with E-state index in [0.717, 1.165) is 5.56 Å². The third-order valence-electron chi connectivity index (χ3n) is 3.82. The van der Waals surface area contributed by atoms with Crippen molar-refractivity contribution < 1.29 is 14.3 Å². The lowest BCUT2D eigenvalue weighted by atomic mass is 10.2. The molecule has 2 aromatic carbocycles. The van der Waals surface area contributed by atoms with Crippen LogP contribution in [0.2, 0.25) is 10.0 Å². The van der Waals surface area contributed by atoms with Crippen molar-refractivity contribution in [1.29, 1.82) is 0 Å². The van der Waals surface area contributed by atoms with Crippen LogP contribution in [0.5, 0.6) is 5.75 Å². The highest BCUT2D eigenvalue weighted by molar-refractivity contribution is 6.32. The van der Waals surface area contributed by atoms with Gasteiger partial charge in [0, 0.05) is 37.1 Å². The number of carbonyl (C=O) groups excluding carboxylic acids is 2. The highest BCUT2D eigenvalue weighted by Gasteiger charge is 2.15. The van der Waals surface area contributed by atoms with Gasteiger partial charge in [0.15, 0.2) is 0 Å². The van der Waals surface area contributed by atoms with Crippen LogP contribution in [0.15, 0.2) is 42.5 Å². The summed E-state index contributed by atoms with van der Waals surface area (Å²) in [6.07, 6.45) is 0.160. The lowest BCUT2D eigenvalue weighted by Crippen LogP contribution is -2.33. The Morgan fingerprint density at radius 3 is 2.46 bits per heavy atom. The van der Waals surface area contributed by atoms with E-state index in [1.54, 1.807) is 24.3 Å². The fourth-order valence-corrected chi connectivity index (χ4v) is 2.88. The van der Waals surface area contributed by atoms with Gasteiger partial charge in [-0.25, -0.2) is 0 Å². The van der Waals surface area contributed by atoms with E-state index < -0.39 is 0 Å². The van der Waals surface area contributed by atoms with Crippen molar-refractivity contribution in [2.45, 2.75) is 19.9 Å². The summed E-state index contributed by atoms with van der Waals surface area (Å²) in [5.41, 5.74) is 1.45. The summed E-state index contributed by atoms with van der Waals surface area (Å²) >= 11 is 12.2. The highest BCUT2D eigenvalue weighted by Crippen LogP contribution is 2.29. The molecule has 138 valence electrons. The molecule has 0 unspecified atom stereocenters. The normalized spacial score (nSPS) is 10.3. The van der Waals surface area contributed by atoms with Gasteiger partial charge in [-0.2, -0.15) is 0 Å². The quantitative estimate of drug-likeness (QED) is 0.769. The van der Waals surface area contributed by atoms with Crippen LogP contribution in [0.25, 0.3) is 0 Å². The molecule has 7 heteroatoms. The predicted molar refractivity (Wildman–Crippen MR) is 104 cm³/mol. The number of halogens is 2. The summed E-state index contributed by atoms with van der Waals surface area (Å²) in [5, 5.41) is 3.81. The molecule has 0 aliphatic heterocycles. The van der Waals surface area contributed by atoms with E-state index in [1.165, 1.54) is 18.9 Å². The predicted octanol–water partition coefficient (Wildman–Crippen LogP) is 4.06. The molecular formula is C19H20Cl2N2O3. The van der Waals surface area contributed by atoms with Crippen LogP contribution >= 0.6 is 23.2 Å². The number of methoxy groups -OCH3 is 1. The van der Waals surface area contributed by atoms with Crippen LogP contribution in [0.4, 0.5) is 5.69 Å². The Balaban J connectivity index is 1.96. The first-order valence-corrected chi connectivity index (χ1v) is 8.79. The molecule has 0 atom stereocenters. The van der Waals surface area contributed by atoms with Gasteiger partial charge >= 0.3 is 0 Å². The van der Waals surface area contributed by atoms with E-state index in [4.69, 9.17) is 27.9 Å². The Hall–Kier alpha value is -2.24. The van der Waals surface area contributed by atoms with Crippen LogP contribution in [-0.4, -0.2) is 25.5 Å². The Morgan fingerprint density at radius 1 is 1.12 bits per heavy atom. The van der Waals surface area contributed by atoms with Gasteiger partial charge in [0.05, 0.1) is 12.1 Å². The zero-order valence-electron chi connectivity index (χ0n) is 14.6. The molecule has 0 saturated carbocycles. The minimum atomic E-state index is -0.176. The number of rotatable bonds is 7. The zero-order valence-corrected chi connectivity index (χ0v) is 16.1. The molecule has 2 amide bonds. The van der Waals surface area contributed by atoms with Gasteiger partial charge in [-0.1, -0.05) is 41.4 Å². The zero-order chi connectivity index (χ0) is 19.1. The SMILES string of the molecule is COc1ccc(N(CCC(=O)NCc2ccccc2Cl)C(C)=O)cc1Cl. The van der Waals surface area contributed by atoms with E-state index in [1.807, 2.05) is 18.2 Å². The summed E-state index contributed by atoms with van der Waals surface area (Å²) in [6.45, 7) is 2.03. The molecule has 0 bridgehead atoms. The number of carbonyl (C=O) groups is 2. The van der Waals surface area contributed by atoms with Crippen LogP contribution < -0.4 is 15.0 Å². The molecule has 2 aromatic rings. The standard InChI is InChI=1S/C19H20Cl2N2O3/c1-13(24)23(15-7-8-18(26-2)17(21)11-15)10-9-19(25)22-12-14-5-3-4-6-16(14)20/h3-8,11H,9-10,12H2,1-2H3,(H,22,25). The first kappa shape index (κ1) is 20.1. The minimum absolute atomic E-state index is 0.160. The number of hydrogen-bond acceptors (Lipinski definition) is 3. The lowest BCUT2D eigenvalue weighted by Gasteiger charge is -2.21. The monoisotopic (exact) mass is 394 g/mol. The third-order valence-corrected chi connectivity index (χ3v) is 4.49. The van der Waals surface area contributed by atoms with Crippen molar-refractivity contribution in [3.8, 4) is 5.75 Å². The number of amides is 2. The molecule has 0 saturated heterocycles. The van der Waals surface area contributed by atoms with Crippen LogP contribution in [0.3, 0.4) is 0 Å². The maximum atomic E-state index is 12.1. The number of anilines is 1. The maximum Gasteiger partial charge on any atom is 0.223 e. The van der Waals surface area contributed by atoms with Gasteiger partial charge in [-0.15, -0.1) is 0 Å². The number of ether oxygens (including phenoxy) is 1. The van der Waals surface area contributed by atoms with E-state index in [-0.39, 0.29) is 24.8 Å². The molecule has 0 radical (unpaired) electrons. The topological polar surface area (TPSA) is 58.6 Å². The highest BCUT2D eigenvalue weighted by atomic mass is 35.5. The summed E-state index contributed by atoms with van der Waals surface area (Å²) in [4.78, 5) is 25.6. The molecule has 0 aromatic heterocycles. The maximum absolute atomic E-state index is 12.1. The summed E-state index contributed by atoms with van der Waals surface area (Å²) in [5.74, 6) is 0.178. The van der Waals surface area contributed by atoms with Crippen molar-refractivity contribution >= 4 is 40.7 Å². The fourth-order valence-electron chi connectivity index (χ4n) is 2.43. The Kier molecular flexibility index (Phi) is 7.30. The Morgan fingerprint density at radius 2 is 1.85 bits per heavy atom. The van der Waals surface area contributed by atoms with Crippen molar-refractivity contribution in [3.05, 3.63) is 58.1 Å². The number of nitrogens with zero attached hydrogens (tertiary/aromatic N) is 1. The lowest BCUT2D eigenvalue weighted by molar-refractivity contribution is -0.121. The smallest absolute Gasteiger partial charge is 0.223 e. The van der Waals surface area contributed by atoms with E-state index in [0.29, 0.717) is 28.0 Å². The largest absolute Gasteiger partial charge is 0.495 e. The van der Waals surface area contributed by atoms with Gasteiger partial charge < -0.3 is 15.0 Å². The molecule has 26 heavy (non-hydrogen) atoms. The molecule has 0 aliphatic carbocycles. The molecule has 0 aliphatic rings. The van der Waals surface area contributed by atoms with Crippen molar-refractivity contribution in [2.24, 2.45) is 0 Å². The number of benzene rings is 2. The van der Waals surface area contributed by atoms with Gasteiger partial charge in [-0.3, -0.25) is 9.59 Å². The van der Waals surface area contributed by atoms with Gasteiger partial charge in [0.1, 0.15) is 5.75 Å². The van der Waals surface area contributed by atoms with E-state index in [2.05, 4.69) is 5.32 Å². The average Bonchev–Trinajstić information content (AvgIpc) is 2.61. The Labute approximate surface area is 162 Å². The van der Waals surface area contributed by atoms with Crippen molar-refractivity contribution in [3.63, 3.8) is 0 Å².